The molecule has 0 amide bonds. The van der Waals surface area contributed by atoms with Crippen LogP contribution in [0.3, 0.4) is 0 Å². The summed E-state index contributed by atoms with van der Waals surface area (Å²) in [5.41, 5.74) is 6.29. The highest BCUT2D eigenvalue weighted by atomic mass is 79.9. The smallest absolute Gasteiger partial charge is 0.217 e. The minimum Gasteiger partial charge on any atom is -0.321 e. The Balaban J connectivity index is 2.38. The largest absolute Gasteiger partial charge is 0.321 e. The molecule has 1 aromatic rings. The number of rotatable bonds is 1. The summed E-state index contributed by atoms with van der Waals surface area (Å²) >= 11 is 3.30. The molecule has 0 radical (unpaired) electrons. The van der Waals surface area contributed by atoms with Crippen LogP contribution in [0.2, 0.25) is 0 Å². The maximum Gasteiger partial charge on any atom is 0.217 e. The van der Waals surface area contributed by atoms with Crippen LogP contribution < -0.4 is 5.73 Å². The molecular formula is C11H14BrFN2. The van der Waals surface area contributed by atoms with Crippen LogP contribution in [0.4, 0.5) is 4.39 Å². The highest BCUT2D eigenvalue weighted by molar-refractivity contribution is 9.10. The molecule has 0 aliphatic heterocycles. The summed E-state index contributed by atoms with van der Waals surface area (Å²) < 4.78 is 14.4. The van der Waals surface area contributed by atoms with Crippen molar-refractivity contribution in [2.24, 2.45) is 5.73 Å². The van der Waals surface area contributed by atoms with Crippen LogP contribution in [0.5, 0.6) is 0 Å². The summed E-state index contributed by atoms with van der Waals surface area (Å²) in [4.78, 5) is 3.71. The number of hydrogen-bond acceptors (Lipinski definition) is 2. The van der Waals surface area contributed by atoms with Crippen molar-refractivity contribution in [2.75, 3.05) is 0 Å². The summed E-state index contributed by atoms with van der Waals surface area (Å²) in [6.45, 7) is 0. The number of pyridine rings is 1. The lowest BCUT2D eigenvalue weighted by atomic mass is 9.78. The van der Waals surface area contributed by atoms with Crippen LogP contribution >= 0.6 is 15.9 Å². The second kappa shape index (κ2) is 4.18. The van der Waals surface area contributed by atoms with Gasteiger partial charge in [0.2, 0.25) is 5.95 Å². The fraction of sp³-hybridized carbons (Fsp3) is 0.545. The van der Waals surface area contributed by atoms with Crippen molar-refractivity contribution in [1.82, 2.24) is 4.98 Å². The highest BCUT2D eigenvalue weighted by Gasteiger charge is 2.32. The van der Waals surface area contributed by atoms with E-state index in [-0.39, 0.29) is 0 Å². The minimum absolute atomic E-state index is 0.428. The fourth-order valence-electron chi connectivity index (χ4n) is 2.22. The predicted molar refractivity (Wildman–Crippen MR) is 60.8 cm³/mol. The zero-order valence-corrected chi connectivity index (χ0v) is 10.1. The van der Waals surface area contributed by atoms with Crippen molar-refractivity contribution >= 4 is 15.9 Å². The molecule has 0 unspecified atom stereocenters. The SMILES string of the molecule is NC1(c2cc(Br)cnc2F)CCCCC1. The highest BCUT2D eigenvalue weighted by Crippen LogP contribution is 2.36. The monoisotopic (exact) mass is 272 g/mol. The van der Waals surface area contributed by atoms with Gasteiger partial charge in [0.05, 0.1) is 0 Å². The molecule has 2 rings (SSSR count). The van der Waals surface area contributed by atoms with Crippen LogP contribution in [0, 0.1) is 5.95 Å². The van der Waals surface area contributed by atoms with E-state index in [1.54, 1.807) is 6.07 Å². The van der Waals surface area contributed by atoms with E-state index < -0.39 is 11.5 Å². The Morgan fingerprint density at radius 2 is 2.00 bits per heavy atom. The molecule has 2 N–H and O–H groups in total. The summed E-state index contributed by atoms with van der Waals surface area (Å²) in [6, 6.07) is 1.76. The summed E-state index contributed by atoms with van der Waals surface area (Å²) in [5, 5.41) is 0. The van der Waals surface area contributed by atoms with Crippen molar-refractivity contribution in [1.29, 1.82) is 0 Å². The lowest BCUT2D eigenvalue weighted by Gasteiger charge is -2.33. The van der Waals surface area contributed by atoms with E-state index in [0.717, 1.165) is 30.2 Å². The maximum atomic E-state index is 13.6. The molecule has 0 saturated heterocycles. The molecule has 0 aromatic carbocycles. The van der Waals surface area contributed by atoms with Crippen molar-refractivity contribution in [3.63, 3.8) is 0 Å². The normalized spacial score (nSPS) is 20.2. The first-order valence-corrected chi connectivity index (χ1v) is 6.01. The molecule has 15 heavy (non-hydrogen) atoms. The Kier molecular flexibility index (Phi) is 3.07. The van der Waals surface area contributed by atoms with Gasteiger partial charge < -0.3 is 5.73 Å². The van der Waals surface area contributed by atoms with Gasteiger partial charge in [0, 0.05) is 21.8 Å². The third-order valence-electron chi connectivity index (χ3n) is 3.09. The third-order valence-corrected chi connectivity index (χ3v) is 3.52. The van der Waals surface area contributed by atoms with Gasteiger partial charge in [-0.3, -0.25) is 0 Å². The Hall–Kier alpha value is -0.480. The first kappa shape index (κ1) is 11.0. The van der Waals surface area contributed by atoms with Gasteiger partial charge in [0.25, 0.3) is 0 Å². The van der Waals surface area contributed by atoms with Gasteiger partial charge in [0.15, 0.2) is 0 Å². The lowest BCUT2D eigenvalue weighted by Crippen LogP contribution is -2.39. The zero-order chi connectivity index (χ0) is 10.9. The topological polar surface area (TPSA) is 38.9 Å². The second-order valence-electron chi connectivity index (χ2n) is 4.21. The molecule has 1 heterocycles. The standard InChI is InChI=1S/C11H14BrFN2/c12-8-6-9(10(13)15-7-8)11(14)4-2-1-3-5-11/h6-7H,1-5,14H2. The molecule has 0 spiro atoms. The molecule has 1 aliphatic rings. The van der Waals surface area contributed by atoms with Gasteiger partial charge in [-0.2, -0.15) is 4.39 Å². The first-order valence-electron chi connectivity index (χ1n) is 5.22. The van der Waals surface area contributed by atoms with E-state index in [1.807, 2.05) is 0 Å². The molecule has 1 aromatic heterocycles. The minimum atomic E-state index is -0.515. The van der Waals surface area contributed by atoms with Gasteiger partial charge in [-0.1, -0.05) is 19.3 Å². The molecule has 82 valence electrons. The van der Waals surface area contributed by atoms with Crippen LogP contribution in [0.25, 0.3) is 0 Å². The molecule has 1 aliphatic carbocycles. The Labute approximate surface area is 97.2 Å². The summed E-state index contributed by atoms with van der Waals surface area (Å²) in [7, 11) is 0. The van der Waals surface area contributed by atoms with Crippen LogP contribution in [0.1, 0.15) is 37.7 Å². The quantitative estimate of drug-likeness (QED) is 0.798. The zero-order valence-electron chi connectivity index (χ0n) is 8.47. The van der Waals surface area contributed by atoms with E-state index in [1.165, 1.54) is 12.6 Å². The average molecular weight is 273 g/mol. The van der Waals surface area contributed by atoms with Crippen LogP contribution in [-0.4, -0.2) is 4.98 Å². The molecule has 1 fully saturated rings. The van der Waals surface area contributed by atoms with Gasteiger partial charge in [-0.05, 0) is 34.8 Å². The molecule has 2 nitrogen and oxygen atoms in total. The number of aromatic nitrogens is 1. The van der Waals surface area contributed by atoms with E-state index >= 15 is 0 Å². The van der Waals surface area contributed by atoms with Crippen LogP contribution in [-0.2, 0) is 5.54 Å². The molecule has 0 bridgehead atoms. The second-order valence-corrected chi connectivity index (χ2v) is 5.12. The Morgan fingerprint density at radius 1 is 1.33 bits per heavy atom. The van der Waals surface area contributed by atoms with E-state index in [9.17, 15) is 4.39 Å². The number of hydrogen-bond donors (Lipinski definition) is 1. The van der Waals surface area contributed by atoms with Gasteiger partial charge in [-0.15, -0.1) is 0 Å². The van der Waals surface area contributed by atoms with Crippen molar-refractivity contribution in [2.45, 2.75) is 37.6 Å². The van der Waals surface area contributed by atoms with E-state index in [4.69, 9.17) is 5.73 Å². The van der Waals surface area contributed by atoms with E-state index in [0.29, 0.717) is 5.56 Å². The third kappa shape index (κ3) is 2.21. The molecular weight excluding hydrogens is 259 g/mol. The Bertz CT molecular complexity index is 362. The number of nitrogens with two attached hydrogens (primary N) is 1. The maximum absolute atomic E-state index is 13.6. The molecule has 4 heteroatoms. The Morgan fingerprint density at radius 3 is 2.67 bits per heavy atom. The molecule has 1 saturated carbocycles. The van der Waals surface area contributed by atoms with Crippen molar-refractivity contribution < 1.29 is 4.39 Å². The average Bonchev–Trinajstić information content (AvgIpc) is 2.23. The van der Waals surface area contributed by atoms with Gasteiger partial charge in [0.1, 0.15) is 0 Å². The van der Waals surface area contributed by atoms with Gasteiger partial charge >= 0.3 is 0 Å². The predicted octanol–water partition coefficient (Wildman–Crippen LogP) is 3.10. The summed E-state index contributed by atoms with van der Waals surface area (Å²) in [6.07, 6.45) is 6.50. The summed E-state index contributed by atoms with van der Waals surface area (Å²) in [5.74, 6) is -0.428. The number of halogens is 2. The van der Waals surface area contributed by atoms with Crippen LogP contribution in [0.15, 0.2) is 16.7 Å². The lowest BCUT2D eigenvalue weighted by molar-refractivity contribution is 0.290. The number of nitrogens with zero attached hydrogens (tertiary/aromatic N) is 1. The van der Waals surface area contributed by atoms with Crippen molar-refractivity contribution in [3.05, 3.63) is 28.2 Å². The van der Waals surface area contributed by atoms with Gasteiger partial charge in [-0.25, -0.2) is 4.98 Å². The fourth-order valence-corrected chi connectivity index (χ4v) is 2.56. The van der Waals surface area contributed by atoms with E-state index in [2.05, 4.69) is 20.9 Å². The molecule has 0 atom stereocenters. The first-order chi connectivity index (χ1) is 7.12. The van der Waals surface area contributed by atoms with Crippen molar-refractivity contribution in [3.8, 4) is 0 Å².